The van der Waals surface area contributed by atoms with Crippen LogP contribution < -0.4 is 20.3 Å². The van der Waals surface area contributed by atoms with E-state index in [2.05, 4.69) is 20.8 Å². The van der Waals surface area contributed by atoms with Crippen molar-refractivity contribution in [3.8, 4) is 22.8 Å². The van der Waals surface area contributed by atoms with Gasteiger partial charge in [0.1, 0.15) is 11.5 Å². The molecule has 0 unspecified atom stereocenters. The van der Waals surface area contributed by atoms with Crippen molar-refractivity contribution in [2.24, 2.45) is 0 Å². The van der Waals surface area contributed by atoms with Crippen LogP contribution in [-0.4, -0.2) is 30.1 Å². The summed E-state index contributed by atoms with van der Waals surface area (Å²) in [4.78, 5) is 20.7. The standard InChI is InChI=1S/C20H19ClN4O3/c1-27-16-9-13(10-17(11-16)28-2)12-23-25-20(26)19-22-8-7-18(24-19)14-3-5-15(21)6-4-14/h3-11,23H,12H2,1-2H3,(H,25,26). The van der Waals surface area contributed by atoms with Gasteiger partial charge in [0.25, 0.3) is 0 Å². The van der Waals surface area contributed by atoms with E-state index in [-0.39, 0.29) is 5.82 Å². The van der Waals surface area contributed by atoms with Gasteiger partial charge in [-0.25, -0.2) is 15.4 Å². The molecule has 0 aliphatic rings. The quantitative estimate of drug-likeness (QED) is 0.594. The van der Waals surface area contributed by atoms with Crippen LogP contribution in [0.3, 0.4) is 0 Å². The molecule has 8 heteroatoms. The maximum Gasteiger partial charge on any atom is 0.303 e. The SMILES string of the molecule is COc1cc(CNNC(=O)c2nccc(-c3ccc(Cl)cc3)n2)cc(OC)c1. The average Bonchev–Trinajstić information content (AvgIpc) is 2.74. The second kappa shape index (κ2) is 9.16. The van der Waals surface area contributed by atoms with Gasteiger partial charge in [0, 0.05) is 29.4 Å². The summed E-state index contributed by atoms with van der Waals surface area (Å²) in [6.07, 6.45) is 1.54. The van der Waals surface area contributed by atoms with E-state index < -0.39 is 5.91 Å². The van der Waals surface area contributed by atoms with Crippen LogP contribution in [0.4, 0.5) is 0 Å². The van der Waals surface area contributed by atoms with Gasteiger partial charge in [-0.2, -0.15) is 0 Å². The van der Waals surface area contributed by atoms with Gasteiger partial charge in [-0.15, -0.1) is 0 Å². The Balaban J connectivity index is 1.64. The van der Waals surface area contributed by atoms with E-state index >= 15 is 0 Å². The van der Waals surface area contributed by atoms with Crippen molar-refractivity contribution in [3.63, 3.8) is 0 Å². The van der Waals surface area contributed by atoms with Crippen LogP contribution in [0.5, 0.6) is 11.5 Å². The summed E-state index contributed by atoms with van der Waals surface area (Å²) in [5, 5.41) is 0.633. The third-order valence-electron chi connectivity index (χ3n) is 3.90. The number of aromatic nitrogens is 2. The molecule has 0 bridgehead atoms. The van der Waals surface area contributed by atoms with Crippen molar-refractivity contribution in [1.82, 2.24) is 20.8 Å². The van der Waals surface area contributed by atoms with Crippen LogP contribution in [0.15, 0.2) is 54.7 Å². The highest BCUT2D eigenvalue weighted by atomic mass is 35.5. The molecule has 7 nitrogen and oxygen atoms in total. The number of methoxy groups -OCH3 is 2. The lowest BCUT2D eigenvalue weighted by Crippen LogP contribution is -2.37. The van der Waals surface area contributed by atoms with Gasteiger partial charge in [0.2, 0.25) is 5.82 Å². The molecule has 0 aliphatic heterocycles. The van der Waals surface area contributed by atoms with Gasteiger partial charge >= 0.3 is 5.91 Å². The molecule has 1 amide bonds. The minimum Gasteiger partial charge on any atom is -0.497 e. The fourth-order valence-corrected chi connectivity index (χ4v) is 2.63. The number of hydrogen-bond donors (Lipinski definition) is 2. The lowest BCUT2D eigenvalue weighted by Gasteiger charge is -2.10. The van der Waals surface area contributed by atoms with Crippen molar-refractivity contribution in [2.75, 3.05) is 14.2 Å². The first kappa shape index (κ1) is 19.6. The highest BCUT2D eigenvalue weighted by molar-refractivity contribution is 6.30. The Morgan fingerprint density at radius 1 is 1.04 bits per heavy atom. The zero-order valence-corrected chi connectivity index (χ0v) is 16.2. The Morgan fingerprint density at radius 3 is 2.36 bits per heavy atom. The summed E-state index contributed by atoms with van der Waals surface area (Å²) >= 11 is 5.91. The summed E-state index contributed by atoms with van der Waals surface area (Å²) in [5.41, 5.74) is 7.81. The topological polar surface area (TPSA) is 85.4 Å². The second-order valence-electron chi connectivity index (χ2n) is 5.80. The molecule has 2 N–H and O–H groups in total. The number of benzene rings is 2. The van der Waals surface area contributed by atoms with Crippen LogP contribution in [0.1, 0.15) is 16.2 Å². The van der Waals surface area contributed by atoms with E-state index in [1.807, 2.05) is 24.3 Å². The molecule has 0 saturated carbocycles. The smallest absolute Gasteiger partial charge is 0.303 e. The van der Waals surface area contributed by atoms with E-state index in [0.717, 1.165) is 11.1 Å². The first-order valence-electron chi connectivity index (χ1n) is 8.43. The second-order valence-corrected chi connectivity index (χ2v) is 6.24. The van der Waals surface area contributed by atoms with Crippen molar-refractivity contribution >= 4 is 17.5 Å². The van der Waals surface area contributed by atoms with E-state index in [1.54, 1.807) is 44.7 Å². The van der Waals surface area contributed by atoms with Gasteiger partial charge in [0.15, 0.2) is 0 Å². The lowest BCUT2D eigenvalue weighted by atomic mass is 10.1. The molecule has 0 fully saturated rings. The van der Waals surface area contributed by atoms with E-state index in [4.69, 9.17) is 21.1 Å². The van der Waals surface area contributed by atoms with E-state index in [0.29, 0.717) is 28.8 Å². The number of ether oxygens (including phenoxy) is 2. The molecule has 0 atom stereocenters. The summed E-state index contributed by atoms with van der Waals surface area (Å²) in [6.45, 7) is 0.371. The Bertz CT molecular complexity index is 942. The third kappa shape index (κ3) is 4.97. The number of hydrazine groups is 1. The molecule has 2 aromatic carbocycles. The van der Waals surface area contributed by atoms with Crippen molar-refractivity contribution in [3.05, 3.63) is 71.1 Å². The van der Waals surface area contributed by atoms with Crippen LogP contribution >= 0.6 is 11.6 Å². The van der Waals surface area contributed by atoms with Crippen molar-refractivity contribution in [1.29, 1.82) is 0 Å². The van der Waals surface area contributed by atoms with Gasteiger partial charge in [-0.3, -0.25) is 10.2 Å². The molecule has 1 heterocycles. The number of hydrogen-bond acceptors (Lipinski definition) is 6. The third-order valence-corrected chi connectivity index (χ3v) is 4.16. The van der Waals surface area contributed by atoms with E-state index in [9.17, 15) is 4.79 Å². The number of amides is 1. The molecule has 28 heavy (non-hydrogen) atoms. The highest BCUT2D eigenvalue weighted by Crippen LogP contribution is 2.22. The Hall–Kier alpha value is -3.16. The maximum absolute atomic E-state index is 12.3. The zero-order valence-electron chi connectivity index (χ0n) is 15.4. The predicted octanol–water partition coefficient (Wildman–Crippen LogP) is 3.25. The van der Waals surface area contributed by atoms with Gasteiger partial charge < -0.3 is 9.47 Å². The minimum absolute atomic E-state index is 0.0585. The normalized spacial score (nSPS) is 10.4. The minimum atomic E-state index is -0.439. The van der Waals surface area contributed by atoms with Crippen LogP contribution in [-0.2, 0) is 6.54 Å². The summed E-state index contributed by atoms with van der Waals surface area (Å²) in [5.74, 6) is 0.955. The average molecular weight is 399 g/mol. The Kier molecular flexibility index (Phi) is 6.41. The fraction of sp³-hybridized carbons (Fsp3) is 0.150. The first-order valence-corrected chi connectivity index (χ1v) is 8.81. The fourth-order valence-electron chi connectivity index (χ4n) is 2.50. The molecule has 0 saturated heterocycles. The molecule has 1 aromatic heterocycles. The molecule has 0 radical (unpaired) electrons. The Morgan fingerprint density at radius 2 is 1.71 bits per heavy atom. The number of carbonyl (C=O) groups excluding carboxylic acids is 1. The van der Waals surface area contributed by atoms with Crippen LogP contribution in [0.25, 0.3) is 11.3 Å². The lowest BCUT2D eigenvalue weighted by molar-refractivity contribution is 0.0921. The molecular weight excluding hydrogens is 380 g/mol. The summed E-state index contributed by atoms with van der Waals surface area (Å²) in [7, 11) is 3.16. The van der Waals surface area contributed by atoms with Gasteiger partial charge in [-0.1, -0.05) is 23.7 Å². The number of carbonyl (C=O) groups is 1. The van der Waals surface area contributed by atoms with Crippen LogP contribution in [0.2, 0.25) is 5.02 Å². The van der Waals surface area contributed by atoms with Gasteiger partial charge in [0.05, 0.1) is 19.9 Å². The van der Waals surface area contributed by atoms with Crippen molar-refractivity contribution < 1.29 is 14.3 Å². The van der Waals surface area contributed by atoms with Crippen molar-refractivity contribution in [2.45, 2.75) is 6.54 Å². The predicted molar refractivity (Wildman–Crippen MR) is 106 cm³/mol. The molecule has 3 aromatic rings. The maximum atomic E-state index is 12.3. The highest BCUT2D eigenvalue weighted by Gasteiger charge is 2.11. The molecule has 0 spiro atoms. The number of nitrogens with one attached hydrogen (secondary N) is 2. The number of rotatable bonds is 7. The van der Waals surface area contributed by atoms with Crippen LogP contribution in [0, 0.1) is 0 Å². The van der Waals surface area contributed by atoms with E-state index in [1.165, 1.54) is 0 Å². The molecule has 0 aliphatic carbocycles. The first-order chi connectivity index (χ1) is 13.6. The number of halogens is 1. The largest absolute Gasteiger partial charge is 0.497 e. The molecular formula is C20H19ClN4O3. The monoisotopic (exact) mass is 398 g/mol. The van der Waals surface area contributed by atoms with Gasteiger partial charge in [-0.05, 0) is 35.9 Å². The molecule has 144 valence electrons. The Labute approximate surface area is 167 Å². The summed E-state index contributed by atoms with van der Waals surface area (Å²) in [6, 6.07) is 14.4. The number of nitrogens with zero attached hydrogens (tertiary/aromatic N) is 2. The molecule has 3 rings (SSSR count). The zero-order chi connectivity index (χ0) is 19.9. The summed E-state index contributed by atoms with van der Waals surface area (Å²) < 4.78 is 10.5.